The minimum absolute atomic E-state index is 0.0867. The van der Waals surface area contributed by atoms with Gasteiger partial charge in [-0.25, -0.2) is 0 Å². The topological polar surface area (TPSA) is 35.3 Å². The summed E-state index contributed by atoms with van der Waals surface area (Å²) in [7, 11) is 1.60. The zero-order valence-corrected chi connectivity index (χ0v) is 11.2. The van der Waals surface area contributed by atoms with Gasteiger partial charge in [0.05, 0.1) is 11.6 Å². The van der Waals surface area contributed by atoms with Gasteiger partial charge >= 0.3 is 0 Å². The van der Waals surface area contributed by atoms with Gasteiger partial charge in [0.15, 0.2) is 0 Å². The Kier molecular flexibility index (Phi) is 3.42. The van der Waals surface area contributed by atoms with E-state index in [4.69, 9.17) is 32.5 Å². The zero-order valence-electron chi connectivity index (χ0n) is 8.13. The fraction of sp³-hybridized carbons (Fsp3) is 0.100. The predicted molar refractivity (Wildman–Crippen MR) is 66.2 cm³/mol. The number of nitrogens with zero attached hydrogens (tertiary/aromatic N) is 1. The summed E-state index contributed by atoms with van der Waals surface area (Å²) in [5.74, 6) is 0.731. The number of aromatic nitrogens is 1. The highest BCUT2D eigenvalue weighted by Gasteiger charge is 2.15. The average molecular weight is 323 g/mol. The van der Waals surface area contributed by atoms with Gasteiger partial charge in [-0.15, -0.1) is 0 Å². The molecule has 1 aromatic carbocycles. The summed E-state index contributed by atoms with van der Waals surface area (Å²) < 4.78 is 10.7. The van der Waals surface area contributed by atoms with E-state index in [1.165, 1.54) is 0 Å². The second-order valence-electron chi connectivity index (χ2n) is 2.97. The Labute approximate surface area is 110 Å². The van der Waals surface area contributed by atoms with Crippen LogP contribution in [0.5, 0.6) is 5.75 Å². The molecule has 0 bridgehead atoms. The van der Waals surface area contributed by atoms with Crippen LogP contribution in [0.4, 0.5) is 0 Å². The highest BCUT2D eigenvalue weighted by molar-refractivity contribution is 9.10. The van der Waals surface area contributed by atoms with Gasteiger partial charge in [-0.3, -0.25) is 0 Å². The molecule has 1 heterocycles. The maximum atomic E-state index is 5.93. The van der Waals surface area contributed by atoms with Crippen LogP contribution in [-0.2, 0) is 0 Å². The van der Waals surface area contributed by atoms with Crippen LogP contribution in [0, 0.1) is 0 Å². The zero-order chi connectivity index (χ0) is 11.7. The van der Waals surface area contributed by atoms with E-state index in [0.717, 1.165) is 15.8 Å². The first kappa shape index (κ1) is 11.8. The minimum Gasteiger partial charge on any atom is -0.496 e. The molecule has 0 aliphatic rings. The van der Waals surface area contributed by atoms with Crippen LogP contribution in [0.3, 0.4) is 0 Å². The van der Waals surface area contributed by atoms with Crippen molar-refractivity contribution in [1.29, 1.82) is 0 Å². The van der Waals surface area contributed by atoms with Crippen LogP contribution in [0.1, 0.15) is 0 Å². The SMILES string of the molecule is COc1ccc(-c2noc(Cl)c2Cl)cc1Br. The van der Waals surface area contributed by atoms with Gasteiger partial charge in [-0.2, -0.15) is 0 Å². The summed E-state index contributed by atoms with van der Waals surface area (Å²) >= 11 is 15.0. The lowest BCUT2D eigenvalue weighted by Gasteiger charge is -2.04. The molecule has 0 N–H and O–H groups in total. The third-order valence-corrected chi connectivity index (χ3v) is 3.35. The molecule has 0 saturated carbocycles. The van der Waals surface area contributed by atoms with E-state index in [1.54, 1.807) is 13.2 Å². The molecular formula is C10H6BrCl2NO2. The molecule has 0 amide bonds. The van der Waals surface area contributed by atoms with Gasteiger partial charge in [0, 0.05) is 5.56 Å². The summed E-state index contributed by atoms with van der Waals surface area (Å²) in [4.78, 5) is 0. The first-order chi connectivity index (χ1) is 7.63. The molecule has 2 rings (SSSR count). The molecule has 3 nitrogen and oxygen atoms in total. The average Bonchev–Trinajstić information content (AvgIpc) is 2.60. The van der Waals surface area contributed by atoms with Crippen molar-refractivity contribution in [3.63, 3.8) is 0 Å². The molecule has 84 valence electrons. The molecule has 6 heteroatoms. The van der Waals surface area contributed by atoms with Gasteiger partial charge in [0.2, 0.25) is 5.22 Å². The third-order valence-electron chi connectivity index (χ3n) is 2.02. The van der Waals surface area contributed by atoms with Crippen molar-refractivity contribution in [2.45, 2.75) is 0 Å². The number of hydrogen-bond donors (Lipinski definition) is 0. The summed E-state index contributed by atoms with van der Waals surface area (Å²) in [6.07, 6.45) is 0. The van der Waals surface area contributed by atoms with Crippen molar-refractivity contribution in [3.05, 3.63) is 32.9 Å². The molecule has 0 fully saturated rings. The molecule has 0 saturated heterocycles. The smallest absolute Gasteiger partial charge is 0.245 e. The van der Waals surface area contributed by atoms with Crippen LogP contribution in [0.2, 0.25) is 10.2 Å². The number of rotatable bonds is 2. The van der Waals surface area contributed by atoms with Gasteiger partial charge in [-0.05, 0) is 45.7 Å². The Hall–Kier alpha value is -0.710. The van der Waals surface area contributed by atoms with E-state index < -0.39 is 0 Å². The first-order valence-electron chi connectivity index (χ1n) is 4.28. The van der Waals surface area contributed by atoms with Crippen LogP contribution in [0.25, 0.3) is 11.3 Å². The highest BCUT2D eigenvalue weighted by atomic mass is 79.9. The molecule has 1 aromatic heterocycles. The maximum Gasteiger partial charge on any atom is 0.245 e. The second kappa shape index (κ2) is 4.65. The lowest BCUT2D eigenvalue weighted by atomic mass is 10.1. The normalized spacial score (nSPS) is 10.5. The molecule has 0 spiro atoms. The Morgan fingerprint density at radius 2 is 2.12 bits per heavy atom. The largest absolute Gasteiger partial charge is 0.496 e. The lowest BCUT2D eigenvalue weighted by Crippen LogP contribution is -1.85. The van der Waals surface area contributed by atoms with Crippen molar-refractivity contribution in [2.24, 2.45) is 0 Å². The van der Waals surface area contributed by atoms with Crippen LogP contribution >= 0.6 is 39.1 Å². The summed E-state index contributed by atoms with van der Waals surface area (Å²) in [6.45, 7) is 0. The Morgan fingerprint density at radius 1 is 1.38 bits per heavy atom. The molecule has 0 atom stereocenters. The molecule has 0 radical (unpaired) electrons. The van der Waals surface area contributed by atoms with Crippen LogP contribution in [0.15, 0.2) is 27.2 Å². The Balaban J connectivity index is 2.49. The van der Waals surface area contributed by atoms with Gasteiger partial charge < -0.3 is 9.26 Å². The Morgan fingerprint density at radius 3 is 2.62 bits per heavy atom. The highest BCUT2D eigenvalue weighted by Crippen LogP contribution is 2.36. The fourth-order valence-electron chi connectivity index (χ4n) is 1.25. The van der Waals surface area contributed by atoms with Gasteiger partial charge in [0.1, 0.15) is 16.5 Å². The standard InChI is InChI=1S/C10H6BrCl2NO2/c1-15-7-3-2-5(4-6(7)11)9-8(12)10(13)16-14-9/h2-4H,1H3. The minimum atomic E-state index is 0.0867. The van der Waals surface area contributed by atoms with Crippen molar-refractivity contribution in [1.82, 2.24) is 5.16 Å². The van der Waals surface area contributed by atoms with Gasteiger partial charge in [-0.1, -0.05) is 16.8 Å². The number of hydrogen-bond acceptors (Lipinski definition) is 3. The van der Waals surface area contributed by atoms with E-state index in [0.29, 0.717) is 10.7 Å². The summed E-state index contributed by atoms with van der Waals surface area (Å²) in [5, 5.41) is 4.17. The molecule has 2 aromatic rings. The van der Waals surface area contributed by atoms with E-state index in [9.17, 15) is 0 Å². The van der Waals surface area contributed by atoms with E-state index in [1.807, 2.05) is 12.1 Å². The van der Waals surface area contributed by atoms with E-state index >= 15 is 0 Å². The Bertz CT molecular complexity index is 528. The predicted octanol–water partition coefficient (Wildman–Crippen LogP) is 4.42. The summed E-state index contributed by atoms with van der Waals surface area (Å²) in [6, 6.07) is 5.46. The summed E-state index contributed by atoms with van der Waals surface area (Å²) in [5.41, 5.74) is 1.31. The third kappa shape index (κ3) is 2.05. The van der Waals surface area contributed by atoms with Crippen LogP contribution in [-0.4, -0.2) is 12.3 Å². The van der Waals surface area contributed by atoms with Crippen molar-refractivity contribution in [2.75, 3.05) is 7.11 Å². The number of ether oxygens (including phenoxy) is 1. The van der Waals surface area contributed by atoms with E-state index in [2.05, 4.69) is 21.1 Å². The van der Waals surface area contributed by atoms with E-state index in [-0.39, 0.29) is 5.22 Å². The molecular weight excluding hydrogens is 317 g/mol. The van der Waals surface area contributed by atoms with Crippen molar-refractivity contribution in [3.8, 4) is 17.0 Å². The first-order valence-corrected chi connectivity index (χ1v) is 5.83. The monoisotopic (exact) mass is 321 g/mol. The quantitative estimate of drug-likeness (QED) is 0.821. The number of halogens is 3. The molecule has 0 unspecified atom stereocenters. The van der Waals surface area contributed by atoms with Gasteiger partial charge in [0.25, 0.3) is 0 Å². The number of methoxy groups -OCH3 is 1. The number of benzene rings is 1. The molecule has 0 aliphatic heterocycles. The maximum absolute atomic E-state index is 5.93. The van der Waals surface area contributed by atoms with Crippen molar-refractivity contribution >= 4 is 39.1 Å². The van der Waals surface area contributed by atoms with Crippen LogP contribution < -0.4 is 4.74 Å². The fourth-order valence-corrected chi connectivity index (χ4v) is 2.09. The molecule has 16 heavy (non-hydrogen) atoms. The lowest BCUT2D eigenvalue weighted by molar-refractivity contribution is 0.412. The second-order valence-corrected chi connectivity index (χ2v) is 4.54. The van der Waals surface area contributed by atoms with Crippen molar-refractivity contribution < 1.29 is 9.26 Å². The molecule has 0 aliphatic carbocycles.